The average Bonchev–Trinajstić information content (AvgIpc) is 3.51. The number of hydrogen-bond donors (Lipinski definition) is 0. The number of furan rings is 1. The van der Waals surface area contributed by atoms with E-state index in [1.807, 2.05) is 43.3 Å². The van der Waals surface area contributed by atoms with Gasteiger partial charge in [0.2, 0.25) is 10.0 Å². The summed E-state index contributed by atoms with van der Waals surface area (Å²) in [5, 5.41) is 4.64. The first kappa shape index (κ1) is 22.1. The molecular formula is C25H24N4O4S. The summed E-state index contributed by atoms with van der Waals surface area (Å²) in [6.45, 7) is 2.87. The molecule has 0 spiro atoms. The van der Waals surface area contributed by atoms with Crippen LogP contribution < -0.4 is 0 Å². The summed E-state index contributed by atoms with van der Waals surface area (Å²) in [6.07, 6.45) is 1.71. The van der Waals surface area contributed by atoms with Crippen molar-refractivity contribution in [1.82, 2.24) is 19.0 Å². The van der Waals surface area contributed by atoms with Gasteiger partial charge in [0.05, 0.1) is 16.1 Å². The average molecular weight is 477 g/mol. The Balaban J connectivity index is 1.40. The van der Waals surface area contributed by atoms with Crippen LogP contribution in [0.4, 0.5) is 0 Å². The van der Waals surface area contributed by atoms with E-state index in [2.05, 4.69) is 5.10 Å². The summed E-state index contributed by atoms with van der Waals surface area (Å²) in [5.74, 6) is 1.03. The zero-order chi connectivity index (χ0) is 23.7. The van der Waals surface area contributed by atoms with Crippen LogP contribution in [0, 0.1) is 6.92 Å². The van der Waals surface area contributed by atoms with Gasteiger partial charge in [0.1, 0.15) is 11.5 Å². The SMILES string of the molecule is Cc1ccc(-c2nn(-c3ccccc3)cc2C(=O)N2CCN(S(=O)(=O)c3ccccc3)CC2)o1. The van der Waals surface area contributed by atoms with Gasteiger partial charge in [-0.3, -0.25) is 4.79 Å². The Kier molecular flexibility index (Phi) is 5.80. The molecule has 2 aromatic carbocycles. The first-order valence-electron chi connectivity index (χ1n) is 11.0. The second-order valence-electron chi connectivity index (χ2n) is 8.09. The van der Waals surface area contributed by atoms with Gasteiger partial charge < -0.3 is 9.32 Å². The van der Waals surface area contributed by atoms with Crippen molar-refractivity contribution >= 4 is 15.9 Å². The van der Waals surface area contributed by atoms with Gasteiger partial charge in [-0.2, -0.15) is 9.40 Å². The number of benzene rings is 2. The van der Waals surface area contributed by atoms with E-state index in [9.17, 15) is 13.2 Å². The number of rotatable bonds is 5. The smallest absolute Gasteiger partial charge is 0.257 e. The molecule has 5 rings (SSSR count). The Labute approximate surface area is 198 Å². The highest BCUT2D eigenvalue weighted by Crippen LogP contribution is 2.27. The fraction of sp³-hybridized carbons (Fsp3) is 0.200. The second kappa shape index (κ2) is 8.92. The van der Waals surface area contributed by atoms with Gasteiger partial charge >= 0.3 is 0 Å². The number of piperazine rings is 1. The molecule has 1 fully saturated rings. The van der Waals surface area contributed by atoms with Gasteiger partial charge in [-0.05, 0) is 43.3 Å². The zero-order valence-electron chi connectivity index (χ0n) is 18.7. The van der Waals surface area contributed by atoms with Gasteiger partial charge in [0, 0.05) is 32.4 Å². The van der Waals surface area contributed by atoms with Gasteiger partial charge in [-0.15, -0.1) is 0 Å². The van der Waals surface area contributed by atoms with Crippen LogP contribution in [0.15, 0.2) is 88.3 Å². The van der Waals surface area contributed by atoms with E-state index < -0.39 is 10.0 Å². The molecule has 0 N–H and O–H groups in total. The molecule has 1 amide bonds. The van der Waals surface area contributed by atoms with Crippen LogP contribution in [0.1, 0.15) is 16.1 Å². The summed E-state index contributed by atoms with van der Waals surface area (Å²) in [6, 6.07) is 21.5. The Bertz CT molecular complexity index is 1400. The summed E-state index contributed by atoms with van der Waals surface area (Å²) in [5.41, 5.74) is 1.70. The van der Waals surface area contributed by atoms with Crippen molar-refractivity contribution in [3.8, 4) is 17.1 Å². The van der Waals surface area contributed by atoms with Crippen LogP contribution >= 0.6 is 0 Å². The van der Waals surface area contributed by atoms with Crippen molar-refractivity contribution in [2.45, 2.75) is 11.8 Å². The van der Waals surface area contributed by atoms with Crippen LogP contribution in [0.25, 0.3) is 17.1 Å². The maximum absolute atomic E-state index is 13.5. The van der Waals surface area contributed by atoms with Crippen molar-refractivity contribution < 1.29 is 17.6 Å². The number of amides is 1. The third kappa shape index (κ3) is 4.15. The van der Waals surface area contributed by atoms with Crippen LogP contribution in [0.5, 0.6) is 0 Å². The van der Waals surface area contributed by atoms with Gasteiger partial charge in [-0.25, -0.2) is 13.1 Å². The number of carbonyl (C=O) groups excluding carboxylic acids is 1. The maximum atomic E-state index is 13.5. The Hall–Kier alpha value is -3.69. The number of carbonyl (C=O) groups is 1. The quantitative estimate of drug-likeness (QED) is 0.439. The van der Waals surface area contributed by atoms with Crippen molar-refractivity contribution in [1.29, 1.82) is 0 Å². The van der Waals surface area contributed by atoms with E-state index in [0.717, 1.165) is 11.4 Å². The maximum Gasteiger partial charge on any atom is 0.257 e. The van der Waals surface area contributed by atoms with Crippen LogP contribution in [-0.4, -0.2) is 59.5 Å². The van der Waals surface area contributed by atoms with Crippen molar-refractivity contribution in [3.05, 3.63) is 90.3 Å². The summed E-state index contributed by atoms with van der Waals surface area (Å²) in [4.78, 5) is 15.5. The lowest BCUT2D eigenvalue weighted by Crippen LogP contribution is -2.50. The molecule has 4 aromatic rings. The molecule has 3 heterocycles. The first-order valence-corrected chi connectivity index (χ1v) is 12.4. The number of nitrogens with zero attached hydrogens (tertiary/aromatic N) is 4. The van der Waals surface area contributed by atoms with Gasteiger partial charge in [0.15, 0.2) is 5.76 Å². The minimum absolute atomic E-state index is 0.206. The molecule has 0 bridgehead atoms. The van der Waals surface area contributed by atoms with E-state index in [0.29, 0.717) is 17.0 Å². The lowest BCUT2D eigenvalue weighted by Gasteiger charge is -2.34. The minimum atomic E-state index is -3.59. The highest BCUT2D eigenvalue weighted by atomic mass is 32.2. The fourth-order valence-corrected chi connectivity index (χ4v) is 5.47. The van der Waals surface area contributed by atoms with Gasteiger partial charge in [0.25, 0.3) is 5.91 Å². The summed E-state index contributed by atoms with van der Waals surface area (Å²) < 4.78 is 34.7. The van der Waals surface area contributed by atoms with Gasteiger partial charge in [-0.1, -0.05) is 36.4 Å². The molecule has 0 atom stereocenters. The first-order chi connectivity index (χ1) is 16.4. The lowest BCUT2D eigenvalue weighted by molar-refractivity contribution is 0.0698. The minimum Gasteiger partial charge on any atom is -0.460 e. The number of para-hydroxylation sites is 1. The number of sulfonamides is 1. The molecule has 34 heavy (non-hydrogen) atoms. The van der Waals surface area contributed by atoms with E-state index in [1.54, 1.807) is 52.2 Å². The molecule has 0 saturated carbocycles. The molecule has 9 heteroatoms. The molecule has 8 nitrogen and oxygen atoms in total. The highest BCUT2D eigenvalue weighted by Gasteiger charge is 2.32. The Morgan fingerprint density at radius 3 is 2.15 bits per heavy atom. The van der Waals surface area contributed by atoms with E-state index in [4.69, 9.17) is 4.42 Å². The van der Waals surface area contributed by atoms with E-state index >= 15 is 0 Å². The summed E-state index contributed by atoms with van der Waals surface area (Å²) >= 11 is 0. The molecule has 0 aliphatic carbocycles. The molecule has 1 aliphatic heterocycles. The third-order valence-electron chi connectivity index (χ3n) is 5.85. The monoisotopic (exact) mass is 476 g/mol. The largest absolute Gasteiger partial charge is 0.460 e. The lowest BCUT2D eigenvalue weighted by atomic mass is 10.1. The van der Waals surface area contributed by atoms with E-state index in [1.165, 1.54) is 4.31 Å². The van der Waals surface area contributed by atoms with Crippen LogP contribution in [-0.2, 0) is 10.0 Å². The normalized spacial score (nSPS) is 14.9. The van der Waals surface area contributed by atoms with Crippen LogP contribution in [0.2, 0.25) is 0 Å². The second-order valence-corrected chi connectivity index (χ2v) is 10.0. The number of aryl methyl sites for hydroxylation is 1. The van der Waals surface area contributed by atoms with Crippen molar-refractivity contribution in [2.75, 3.05) is 26.2 Å². The predicted molar refractivity (Wildman–Crippen MR) is 127 cm³/mol. The predicted octanol–water partition coefficient (Wildman–Crippen LogP) is 3.59. The molecule has 2 aromatic heterocycles. The fourth-order valence-electron chi connectivity index (χ4n) is 4.03. The zero-order valence-corrected chi connectivity index (χ0v) is 19.5. The highest BCUT2D eigenvalue weighted by molar-refractivity contribution is 7.89. The molecule has 0 unspecified atom stereocenters. The number of hydrogen-bond acceptors (Lipinski definition) is 5. The topological polar surface area (TPSA) is 88.7 Å². The molecule has 1 saturated heterocycles. The van der Waals surface area contributed by atoms with Crippen molar-refractivity contribution in [2.24, 2.45) is 0 Å². The Morgan fingerprint density at radius 1 is 0.882 bits per heavy atom. The molecule has 1 aliphatic rings. The van der Waals surface area contributed by atoms with Crippen LogP contribution in [0.3, 0.4) is 0 Å². The number of aromatic nitrogens is 2. The molecule has 0 radical (unpaired) electrons. The van der Waals surface area contributed by atoms with E-state index in [-0.39, 0.29) is 37.0 Å². The van der Waals surface area contributed by atoms with Crippen molar-refractivity contribution in [3.63, 3.8) is 0 Å². The molecular weight excluding hydrogens is 452 g/mol. The Morgan fingerprint density at radius 2 is 1.53 bits per heavy atom. The molecule has 174 valence electrons. The third-order valence-corrected chi connectivity index (χ3v) is 7.76. The summed E-state index contributed by atoms with van der Waals surface area (Å²) in [7, 11) is -3.59. The standard InChI is InChI=1S/C25H24N4O4S/c1-19-12-13-23(33-19)24-22(18-29(26-24)20-8-4-2-5-9-20)25(30)27-14-16-28(17-15-27)34(31,32)21-10-6-3-7-11-21/h2-13,18H,14-17H2,1H3.